The lowest BCUT2D eigenvalue weighted by Gasteiger charge is -2.25. The minimum Gasteiger partial charge on any atom is -0.393 e. The van der Waals surface area contributed by atoms with Gasteiger partial charge < -0.3 is 5.11 Å². The van der Waals surface area contributed by atoms with Crippen molar-refractivity contribution in [2.45, 2.75) is 51.0 Å². The summed E-state index contributed by atoms with van der Waals surface area (Å²) in [6, 6.07) is 0. The maximum Gasteiger partial charge on any atom is 0.0542 e. The van der Waals surface area contributed by atoms with Crippen LogP contribution in [0, 0.1) is 18.3 Å². The summed E-state index contributed by atoms with van der Waals surface area (Å²) >= 11 is 0. The first-order valence-electron chi connectivity index (χ1n) is 4.94. The third-order valence-corrected chi connectivity index (χ3v) is 2.69. The van der Waals surface area contributed by atoms with Crippen molar-refractivity contribution < 1.29 is 5.11 Å². The van der Waals surface area contributed by atoms with Gasteiger partial charge in [0.2, 0.25) is 0 Å². The lowest BCUT2D eigenvalue weighted by Crippen LogP contribution is -2.19. The molecule has 1 saturated carbocycles. The molecule has 1 heteroatoms. The smallest absolute Gasteiger partial charge is 0.0542 e. The molecule has 1 N–H and O–H groups in total. The molecule has 12 heavy (non-hydrogen) atoms. The van der Waals surface area contributed by atoms with Gasteiger partial charge >= 0.3 is 0 Å². The highest BCUT2D eigenvalue weighted by atomic mass is 16.3. The zero-order valence-corrected chi connectivity index (χ0v) is 7.63. The first-order chi connectivity index (χ1) is 5.83. The fraction of sp³-hybridized carbons (Fsp3) is 0.818. The Kier molecular flexibility index (Phi) is 4.18. The summed E-state index contributed by atoms with van der Waals surface area (Å²) in [4.78, 5) is 0. The summed E-state index contributed by atoms with van der Waals surface area (Å²) in [5, 5.41) is 9.40. The largest absolute Gasteiger partial charge is 0.393 e. The van der Waals surface area contributed by atoms with E-state index in [9.17, 15) is 5.11 Å². The molecule has 1 rings (SSSR count). The van der Waals surface area contributed by atoms with Crippen molar-refractivity contribution in [1.82, 2.24) is 0 Å². The molecule has 0 radical (unpaired) electrons. The van der Waals surface area contributed by atoms with Crippen LogP contribution in [0.3, 0.4) is 0 Å². The molecule has 1 nitrogen and oxygen atoms in total. The average molecular weight is 166 g/mol. The van der Waals surface area contributed by atoms with Crippen molar-refractivity contribution in [1.29, 1.82) is 0 Å². The van der Waals surface area contributed by atoms with E-state index in [4.69, 9.17) is 6.42 Å². The Morgan fingerprint density at radius 1 is 1.42 bits per heavy atom. The summed E-state index contributed by atoms with van der Waals surface area (Å²) in [5.74, 6) is 3.39. The molecule has 68 valence electrons. The minimum atomic E-state index is -0.0328. The van der Waals surface area contributed by atoms with Crippen LogP contribution in [0.2, 0.25) is 0 Å². The van der Waals surface area contributed by atoms with Crippen molar-refractivity contribution in [2.75, 3.05) is 0 Å². The van der Waals surface area contributed by atoms with Crippen LogP contribution in [-0.4, -0.2) is 11.2 Å². The predicted octanol–water partition coefficient (Wildman–Crippen LogP) is 2.34. The second-order valence-electron chi connectivity index (χ2n) is 3.78. The van der Waals surface area contributed by atoms with E-state index in [-0.39, 0.29) is 6.10 Å². The van der Waals surface area contributed by atoms with Gasteiger partial charge in [-0.25, -0.2) is 0 Å². The van der Waals surface area contributed by atoms with E-state index < -0.39 is 0 Å². The van der Waals surface area contributed by atoms with Crippen molar-refractivity contribution >= 4 is 0 Å². The Balaban J connectivity index is 2.11. The quantitative estimate of drug-likeness (QED) is 0.504. The van der Waals surface area contributed by atoms with Gasteiger partial charge in [-0.3, -0.25) is 0 Å². The lowest BCUT2D eigenvalue weighted by atomic mass is 9.84. The summed E-state index contributed by atoms with van der Waals surface area (Å²) in [5.41, 5.74) is 0. The van der Waals surface area contributed by atoms with Gasteiger partial charge in [0.05, 0.1) is 6.10 Å². The van der Waals surface area contributed by atoms with Gasteiger partial charge in [-0.2, -0.15) is 0 Å². The number of hydrogen-bond donors (Lipinski definition) is 1. The maximum absolute atomic E-state index is 9.40. The number of terminal acetylenes is 1. The molecule has 0 saturated heterocycles. The first-order valence-corrected chi connectivity index (χ1v) is 4.94. The molecule has 0 amide bonds. The third kappa shape index (κ3) is 3.28. The molecule has 0 aromatic rings. The van der Waals surface area contributed by atoms with Crippen molar-refractivity contribution in [3.8, 4) is 12.3 Å². The first kappa shape index (κ1) is 9.61. The van der Waals surface area contributed by atoms with Gasteiger partial charge in [-0.1, -0.05) is 12.8 Å². The number of unbranched alkanes of at least 4 members (excludes halogenated alkanes) is 1. The molecular formula is C11H18O. The summed E-state index contributed by atoms with van der Waals surface area (Å²) < 4.78 is 0. The Morgan fingerprint density at radius 2 is 2.25 bits per heavy atom. The molecular weight excluding hydrogens is 148 g/mol. The summed E-state index contributed by atoms with van der Waals surface area (Å²) in [6.45, 7) is 0. The Hall–Kier alpha value is -0.480. The maximum atomic E-state index is 9.40. The Morgan fingerprint density at radius 3 is 2.92 bits per heavy atom. The van der Waals surface area contributed by atoms with Gasteiger partial charge in [0.15, 0.2) is 0 Å². The molecule has 0 bridgehead atoms. The molecule has 1 fully saturated rings. The molecule has 1 aliphatic rings. The normalized spacial score (nSPS) is 29.7. The predicted molar refractivity (Wildman–Crippen MR) is 50.6 cm³/mol. The standard InChI is InChI=1S/C11H18O/c1-2-3-4-6-10-7-5-8-11(12)9-10/h1,10-12H,3-9H2. The van der Waals surface area contributed by atoms with E-state index in [0.717, 1.165) is 31.6 Å². The molecule has 0 heterocycles. The van der Waals surface area contributed by atoms with Gasteiger partial charge in [-0.15, -0.1) is 12.3 Å². The SMILES string of the molecule is C#CCCCC1CCCC(O)C1. The van der Waals surface area contributed by atoms with Crippen LogP contribution in [0.1, 0.15) is 44.9 Å². The topological polar surface area (TPSA) is 20.2 Å². The van der Waals surface area contributed by atoms with Crippen LogP contribution in [0.15, 0.2) is 0 Å². The summed E-state index contributed by atoms with van der Waals surface area (Å²) in [6.07, 6.45) is 12.9. The van der Waals surface area contributed by atoms with Crippen LogP contribution in [-0.2, 0) is 0 Å². The van der Waals surface area contributed by atoms with Gasteiger partial charge in [0.25, 0.3) is 0 Å². The van der Waals surface area contributed by atoms with Crippen molar-refractivity contribution in [3.05, 3.63) is 0 Å². The zero-order valence-electron chi connectivity index (χ0n) is 7.63. The second-order valence-corrected chi connectivity index (χ2v) is 3.78. The highest BCUT2D eigenvalue weighted by Gasteiger charge is 2.19. The molecule has 0 aromatic carbocycles. The van der Waals surface area contributed by atoms with Crippen LogP contribution < -0.4 is 0 Å². The summed E-state index contributed by atoms with van der Waals surface area (Å²) in [7, 11) is 0. The van der Waals surface area contributed by atoms with Gasteiger partial charge in [0, 0.05) is 6.42 Å². The Bertz CT molecular complexity index is 157. The second kappa shape index (κ2) is 5.22. The third-order valence-electron chi connectivity index (χ3n) is 2.69. The van der Waals surface area contributed by atoms with E-state index in [1.807, 2.05) is 0 Å². The zero-order chi connectivity index (χ0) is 8.81. The van der Waals surface area contributed by atoms with Gasteiger partial charge in [-0.05, 0) is 31.6 Å². The molecule has 0 aliphatic heterocycles. The van der Waals surface area contributed by atoms with E-state index in [0.29, 0.717) is 0 Å². The van der Waals surface area contributed by atoms with Crippen LogP contribution in [0.4, 0.5) is 0 Å². The van der Waals surface area contributed by atoms with Crippen LogP contribution in [0.5, 0.6) is 0 Å². The van der Waals surface area contributed by atoms with E-state index in [1.54, 1.807) is 0 Å². The lowest BCUT2D eigenvalue weighted by molar-refractivity contribution is 0.0978. The van der Waals surface area contributed by atoms with Crippen molar-refractivity contribution in [3.63, 3.8) is 0 Å². The van der Waals surface area contributed by atoms with Crippen molar-refractivity contribution in [2.24, 2.45) is 5.92 Å². The molecule has 1 aliphatic carbocycles. The van der Waals surface area contributed by atoms with E-state index in [1.165, 1.54) is 19.3 Å². The van der Waals surface area contributed by atoms with E-state index >= 15 is 0 Å². The Labute approximate surface area is 75.2 Å². The van der Waals surface area contributed by atoms with Gasteiger partial charge in [0.1, 0.15) is 0 Å². The monoisotopic (exact) mass is 166 g/mol. The highest BCUT2D eigenvalue weighted by Crippen LogP contribution is 2.27. The fourth-order valence-electron chi connectivity index (χ4n) is 2.02. The number of aliphatic hydroxyl groups excluding tert-OH is 1. The molecule has 2 unspecified atom stereocenters. The average Bonchev–Trinajstić information content (AvgIpc) is 2.05. The highest BCUT2D eigenvalue weighted by molar-refractivity contribution is 4.83. The number of rotatable bonds is 3. The van der Waals surface area contributed by atoms with Crippen LogP contribution >= 0.6 is 0 Å². The minimum absolute atomic E-state index is 0.0328. The molecule has 2 atom stereocenters. The number of aliphatic hydroxyl groups is 1. The number of hydrogen-bond acceptors (Lipinski definition) is 1. The molecule has 0 aromatic heterocycles. The fourth-order valence-corrected chi connectivity index (χ4v) is 2.02. The van der Waals surface area contributed by atoms with E-state index in [2.05, 4.69) is 5.92 Å². The molecule has 0 spiro atoms. The van der Waals surface area contributed by atoms with Crippen LogP contribution in [0.25, 0.3) is 0 Å².